The van der Waals surface area contributed by atoms with Gasteiger partial charge in [0.25, 0.3) is 5.92 Å². The highest BCUT2D eigenvalue weighted by Crippen LogP contribution is 2.63. The van der Waals surface area contributed by atoms with Crippen molar-refractivity contribution < 1.29 is 8.78 Å². The summed E-state index contributed by atoms with van der Waals surface area (Å²) in [5.74, 6) is -2.34. The second-order valence-corrected chi connectivity index (χ2v) is 3.09. The first-order valence-corrected chi connectivity index (χ1v) is 3.25. The second-order valence-electron chi connectivity index (χ2n) is 3.09. The monoisotopic (exact) mass is 133 g/mol. The molecule has 1 nitrogen and oxygen atoms in total. The van der Waals surface area contributed by atoms with Crippen molar-refractivity contribution in [3.63, 3.8) is 0 Å². The van der Waals surface area contributed by atoms with Crippen molar-refractivity contribution >= 4 is 0 Å². The van der Waals surface area contributed by atoms with Crippen LogP contribution in [0.2, 0.25) is 0 Å². The predicted octanol–water partition coefficient (Wildman–Crippen LogP) is 1.01. The second kappa shape index (κ2) is 1.29. The maximum Gasteiger partial charge on any atom is 0.255 e. The molecule has 1 atom stereocenters. The first kappa shape index (κ1) is 5.59. The molecule has 2 aliphatic rings. The van der Waals surface area contributed by atoms with E-state index in [0.717, 1.165) is 6.54 Å². The average molecular weight is 133 g/mol. The van der Waals surface area contributed by atoms with Crippen LogP contribution in [0, 0.1) is 5.41 Å². The zero-order chi connectivity index (χ0) is 6.54. The summed E-state index contributed by atoms with van der Waals surface area (Å²) in [6.45, 7) is 1.30. The Balaban J connectivity index is 2.13. The summed E-state index contributed by atoms with van der Waals surface area (Å²) in [6, 6.07) is 0. The van der Waals surface area contributed by atoms with Gasteiger partial charge in [-0.2, -0.15) is 0 Å². The van der Waals surface area contributed by atoms with Crippen LogP contribution in [-0.4, -0.2) is 19.0 Å². The normalized spacial score (nSPS) is 46.0. The van der Waals surface area contributed by atoms with Crippen molar-refractivity contribution in [3.8, 4) is 0 Å². The van der Waals surface area contributed by atoms with Crippen LogP contribution < -0.4 is 5.32 Å². The van der Waals surface area contributed by atoms with Crippen LogP contribution in [-0.2, 0) is 0 Å². The van der Waals surface area contributed by atoms with E-state index < -0.39 is 11.3 Å². The maximum atomic E-state index is 12.5. The summed E-state index contributed by atoms with van der Waals surface area (Å²) < 4.78 is 24.9. The molecule has 0 bridgehead atoms. The van der Waals surface area contributed by atoms with Crippen molar-refractivity contribution in [1.29, 1.82) is 0 Å². The van der Waals surface area contributed by atoms with Gasteiger partial charge in [-0.25, -0.2) is 8.78 Å². The fourth-order valence-corrected chi connectivity index (χ4v) is 1.59. The van der Waals surface area contributed by atoms with Crippen LogP contribution in [0.1, 0.15) is 12.8 Å². The van der Waals surface area contributed by atoms with Crippen molar-refractivity contribution in [2.75, 3.05) is 13.1 Å². The topological polar surface area (TPSA) is 12.0 Å². The zero-order valence-electron chi connectivity index (χ0n) is 5.08. The van der Waals surface area contributed by atoms with Gasteiger partial charge in [-0.15, -0.1) is 0 Å². The van der Waals surface area contributed by atoms with Gasteiger partial charge in [-0.3, -0.25) is 0 Å². The highest BCUT2D eigenvalue weighted by molar-refractivity contribution is 5.13. The molecule has 0 aromatic heterocycles. The molecule has 1 saturated carbocycles. The number of nitrogens with one attached hydrogen (secondary N) is 1. The Morgan fingerprint density at radius 1 is 1.33 bits per heavy atom. The zero-order valence-corrected chi connectivity index (χ0v) is 5.08. The standard InChI is InChI=1S/C6H9F2N/c7-6(8)3-5(6)1-2-9-4-5/h9H,1-4H2. The smallest absolute Gasteiger partial charge is 0.255 e. The molecule has 1 saturated heterocycles. The average Bonchev–Trinajstić information content (AvgIpc) is 2.27. The van der Waals surface area contributed by atoms with Crippen molar-refractivity contribution in [1.82, 2.24) is 5.32 Å². The molecule has 0 aromatic rings. The molecular weight excluding hydrogens is 124 g/mol. The quantitative estimate of drug-likeness (QED) is 0.520. The lowest BCUT2D eigenvalue weighted by Gasteiger charge is -2.02. The number of hydrogen-bond acceptors (Lipinski definition) is 1. The first-order valence-electron chi connectivity index (χ1n) is 3.25. The highest BCUT2D eigenvalue weighted by Gasteiger charge is 2.71. The number of rotatable bonds is 0. The van der Waals surface area contributed by atoms with Crippen LogP contribution >= 0.6 is 0 Å². The Hall–Kier alpha value is -0.180. The molecule has 2 fully saturated rings. The lowest BCUT2D eigenvalue weighted by molar-refractivity contribution is 0.0705. The SMILES string of the molecule is FC1(F)CC12CCNC2. The third-order valence-corrected chi connectivity index (χ3v) is 2.46. The van der Waals surface area contributed by atoms with E-state index in [-0.39, 0.29) is 6.42 Å². The molecule has 0 amide bonds. The molecule has 9 heavy (non-hydrogen) atoms. The Morgan fingerprint density at radius 3 is 2.22 bits per heavy atom. The van der Waals surface area contributed by atoms with Crippen LogP contribution in [0.4, 0.5) is 8.78 Å². The maximum absolute atomic E-state index is 12.5. The van der Waals surface area contributed by atoms with Crippen LogP contribution in [0.3, 0.4) is 0 Å². The molecule has 0 aromatic carbocycles. The molecule has 0 radical (unpaired) electrons. The molecule has 1 aliphatic heterocycles. The van der Waals surface area contributed by atoms with Gasteiger partial charge in [-0.05, 0) is 13.0 Å². The van der Waals surface area contributed by atoms with Gasteiger partial charge in [0.2, 0.25) is 0 Å². The van der Waals surface area contributed by atoms with E-state index in [9.17, 15) is 8.78 Å². The van der Waals surface area contributed by atoms with Gasteiger partial charge < -0.3 is 5.32 Å². The third kappa shape index (κ3) is 0.556. The minimum atomic E-state index is -2.34. The lowest BCUT2D eigenvalue weighted by atomic mass is 10.1. The van der Waals surface area contributed by atoms with Crippen molar-refractivity contribution in [2.45, 2.75) is 18.8 Å². The minimum absolute atomic E-state index is 0.118. The Labute approximate surface area is 52.4 Å². The van der Waals surface area contributed by atoms with Crippen molar-refractivity contribution in [2.24, 2.45) is 5.41 Å². The van der Waals surface area contributed by atoms with Crippen LogP contribution in [0.25, 0.3) is 0 Å². The molecule has 52 valence electrons. The summed E-state index contributed by atoms with van der Waals surface area (Å²) in [6.07, 6.45) is 0.785. The predicted molar refractivity (Wildman–Crippen MR) is 29.5 cm³/mol. The van der Waals surface area contributed by atoms with Gasteiger partial charge in [0.15, 0.2) is 0 Å². The molecular formula is C6H9F2N. The minimum Gasteiger partial charge on any atom is -0.316 e. The van der Waals surface area contributed by atoms with Crippen LogP contribution in [0.15, 0.2) is 0 Å². The summed E-state index contributed by atoms with van der Waals surface area (Å²) >= 11 is 0. The molecule has 1 aliphatic carbocycles. The summed E-state index contributed by atoms with van der Waals surface area (Å²) in [7, 11) is 0. The van der Waals surface area contributed by atoms with E-state index in [4.69, 9.17) is 0 Å². The third-order valence-electron chi connectivity index (χ3n) is 2.46. The summed E-state index contributed by atoms with van der Waals surface area (Å²) in [4.78, 5) is 0. The van der Waals surface area contributed by atoms with E-state index in [1.807, 2.05) is 0 Å². The molecule has 3 heteroatoms. The molecule has 1 unspecified atom stereocenters. The molecule has 1 N–H and O–H groups in total. The van der Waals surface area contributed by atoms with E-state index >= 15 is 0 Å². The first-order chi connectivity index (χ1) is 4.16. The van der Waals surface area contributed by atoms with E-state index in [1.165, 1.54) is 0 Å². The van der Waals surface area contributed by atoms with Gasteiger partial charge in [0.1, 0.15) is 0 Å². The molecule has 2 rings (SSSR count). The van der Waals surface area contributed by atoms with Crippen molar-refractivity contribution in [3.05, 3.63) is 0 Å². The van der Waals surface area contributed by atoms with E-state index in [2.05, 4.69) is 5.32 Å². The van der Waals surface area contributed by atoms with Gasteiger partial charge in [-0.1, -0.05) is 0 Å². The summed E-state index contributed by atoms with van der Waals surface area (Å²) in [5, 5.41) is 2.95. The Kier molecular flexibility index (Phi) is 0.799. The van der Waals surface area contributed by atoms with Gasteiger partial charge in [0.05, 0.1) is 5.41 Å². The van der Waals surface area contributed by atoms with Gasteiger partial charge >= 0.3 is 0 Å². The fraction of sp³-hybridized carbons (Fsp3) is 1.00. The highest BCUT2D eigenvalue weighted by atomic mass is 19.3. The van der Waals surface area contributed by atoms with E-state index in [0.29, 0.717) is 13.0 Å². The number of halogens is 2. The fourth-order valence-electron chi connectivity index (χ4n) is 1.59. The summed E-state index contributed by atoms with van der Waals surface area (Å²) in [5.41, 5.74) is -0.604. The van der Waals surface area contributed by atoms with Crippen LogP contribution in [0.5, 0.6) is 0 Å². The Morgan fingerprint density at radius 2 is 2.00 bits per heavy atom. The number of alkyl halides is 2. The van der Waals surface area contributed by atoms with E-state index in [1.54, 1.807) is 0 Å². The largest absolute Gasteiger partial charge is 0.316 e. The Bertz CT molecular complexity index is 132. The number of hydrogen-bond donors (Lipinski definition) is 1. The molecule has 1 spiro atoms. The van der Waals surface area contributed by atoms with Gasteiger partial charge in [0, 0.05) is 13.0 Å². The lowest BCUT2D eigenvalue weighted by Crippen LogP contribution is -2.15. The molecule has 1 heterocycles.